The normalized spacial score (nSPS) is 13.4. The lowest BCUT2D eigenvalue weighted by molar-refractivity contribution is -0.127. The van der Waals surface area contributed by atoms with E-state index in [1.807, 2.05) is 63.9 Å². The quantitative estimate of drug-likeness (QED) is 0.817. The van der Waals surface area contributed by atoms with E-state index in [1.54, 1.807) is 0 Å². The average Bonchev–Trinajstić information content (AvgIpc) is 2.28. The van der Waals surface area contributed by atoms with Gasteiger partial charge >= 0.3 is 0 Å². The van der Waals surface area contributed by atoms with Crippen molar-refractivity contribution in [3.63, 3.8) is 0 Å². The minimum atomic E-state index is -0.201. The number of carbonyl (C=O) groups excluding carboxylic acids is 1. The Labute approximate surface area is 116 Å². The first kappa shape index (κ1) is 15.5. The van der Waals surface area contributed by atoms with Gasteiger partial charge < -0.3 is 11.1 Å². The van der Waals surface area contributed by atoms with Gasteiger partial charge in [-0.2, -0.15) is 0 Å². The van der Waals surface area contributed by atoms with Gasteiger partial charge in [0.05, 0.1) is 6.04 Å². The molecule has 0 heterocycles. The Morgan fingerprint density at radius 3 is 2.32 bits per heavy atom. The molecule has 0 saturated heterocycles. The van der Waals surface area contributed by atoms with Gasteiger partial charge in [-0.25, -0.2) is 0 Å². The molecule has 1 aromatic rings. The van der Waals surface area contributed by atoms with Crippen molar-refractivity contribution in [1.82, 2.24) is 10.2 Å². The van der Waals surface area contributed by atoms with Crippen LogP contribution in [0.1, 0.15) is 33.3 Å². The summed E-state index contributed by atoms with van der Waals surface area (Å²) in [5.41, 5.74) is 7.36. The van der Waals surface area contributed by atoms with E-state index in [0.29, 0.717) is 0 Å². The van der Waals surface area contributed by atoms with Crippen LogP contribution < -0.4 is 11.1 Å². The van der Waals surface area contributed by atoms with E-state index in [4.69, 9.17) is 5.73 Å². The highest BCUT2D eigenvalue weighted by Gasteiger charge is 2.22. The molecule has 0 bridgehead atoms. The van der Waals surface area contributed by atoms with Crippen molar-refractivity contribution in [2.24, 2.45) is 0 Å². The van der Waals surface area contributed by atoms with Gasteiger partial charge in [-0.05, 0) is 52.4 Å². The van der Waals surface area contributed by atoms with Crippen molar-refractivity contribution >= 4 is 11.6 Å². The molecule has 0 aliphatic heterocycles. The van der Waals surface area contributed by atoms with Gasteiger partial charge in [-0.15, -0.1) is 0 Å². The molecular formula is C15H25N3O. The van der Waals surface area contributed by atoms with Crippen molar-refractivity contribution in [1.29, 1.82) is 0 Å². The Hall–Kier alpha value is -1.55. The zero-order valence-electron chi connectivity index (χ0n) is 12.5. The number of carbonyl (C=O) groups is 1. The van der Waals surface area contributed by atoms with Crippen LogP contribution in [-0.2, 0) is 11.3 Å². The number of benzene rings is 1. The first-order chi connectivity index (χ1) is 8.69. The Kier molecular flexibility index (Phi) is 4.95. The Morgan fingerprint density at radius 2 is 1.84 bits per heavy atom. The SMILES string of the molecule is CC(C(=O)NC(C)(C)C)N(C)Cc1ccc(N)cc1. The fraction of sp³-hybridized carbons (Fsp3) is 0.533. The van der Waals surface area contributed by atoms with Crippen LogP contribution in [0, 0.1) is 0 Å². The highest BCUT2D eigenvalue weighted by atomic mass is 16.2. The fourth-order valence-corrected chi connectivity index (χ4v) is 1.72. The van der Waals surface area contributed by atoms with E-state index < -0.39 is 0 Å². The lowest BCUT2D eigenvalue weighted by Crippen LogP contribution is -2.49. The zero-order chi connectivity index (χ0) is 14.6. The predicted octanol–water partition coefficient (Wildman–Crippen LogP) is 2.00. The molecule has 0 spiro atoms. The molecule has 0 aliphatic carbocycles. The maximum atomic E-state index is 12.1. The maximum Gasteiger partial charge on any atom is 0.237 e. The first-order valence-electron chi connectivity index (χ1n) is 6.56. The lowest BCUT2D eigenvalue weighted by atomic mass is 10.1. The molecule has 4 nitrogen and oxygen atoms in total. The molecule has 3 N–H and O–H groups in total. The number of nitrogen functional groups attached to an aromatic ring is 1. The van der Waals surface area contributed by atoms with Crippen LogP contribution in [0.25, 0.3) is 0 Å². The van der Waals surface area contributed by atoms with Crippen LogP contribution >= 0.6 is 0 Å². The summed E-state index contributed by atoms with van der Waals surface area (Å²) >= 11 is 0. The van der Waals surface area contributed by atoms with E-state index >= 15 is 0 Å². The van der Waals surface area contributed by atoms with Gasteiger partial charge in [0.2, 0.25) is 5.91 Å². The third-order valence-electron chi connectivity index (χ3n) is 2.95. The lowest BCUT2D eigenvalue weighted by Gasteiger charge is -2.28. The van der Waals surface area contributed by atoms with Gasteiger partial charge in [0.15, 0.2) is 0 Å². The second-order valence-electron chi connectivity index (χ2n) is 6.07. The summed E-state index contributed by atoms with van der Waals surface area (Å²) in [5.74, 6) is 0.0467. The van der Waals surface area contributed by atoms with Crippen LogP contribution in [0.2, 0.25) is 0 Å². The minimum Gasteiger partial charge on any atom is -0.399 e. The second-order valence-corrected chi connectivity index (χ2v) is 6.07. The van der Waals surface area contributed by atoms with Crippen molar-refractivity contribution in [2.75, 3.05) is 12.8 Å². The fourth-order valence-electron chi connectivity index (χ4n) is 1.72. The summed E-state index contributed by atoms with van der Waals surface area (Å²) in [6, 6.07) is 7.56. The van der Waals surface area contributed by atoms with Crippen molar-refractivity contribution in [3.05, 3.63) is 29.8 Å². The maximum absolute atomic E-state index is 12.1. The van der Waals surface area contributed by atoms with E-state index in [-0.39, 0.29) is 17.5 Å². The summed E-state index contributed by atoms with van der Waals surface area (Å²) in [6.07, 6.45) is 0. The number of hydrogen-bond acceptors (Lipinski definition) is 3. The molecule has 0 aliphatic rings. The monoisotopic (exact) mass is 263 g/mol. The predicted molar refractivity (Wildman–Crippen MR) is 79.7 cm³/mol. The molecule has 106 valence electrons. The third kappa shape index (κ3) is 5.30. The second kappa shape index (κ2) is 6.06. The van der Waals surface area contributed by atoms with Crippen LogP contribution in [0.3, 0.4) is 0 Å². The van der Waals surface area contributed by atoms with Crippen molar-refractivity contribution < 1.29 is 4.79 Å². The number of likely N-dealkylation sites (N-methyl/N-ethyl adjacent to an activating group) is 1. The summed E-state index contributed by atoms with van der Waals surface area (Å²) in [4.78, 5) is 14.1. The minimum absolute atomic E-state index is 0.0467. The van der Waals surface area contributed by atoms with Gasteiger partial charge in [0.1, 0.15) is 0 Å². The number of anilines is 1. The van der Waals surface area contributed by atoms with Gasteiger partial charge in [0.25, 0.3) is 0 Å². The molecule has 0 saturated carbocycles. The number of nitrogens with two attached hydrogens (primary N) is 1. The highest BCUT2D eigenvalue weighted by Crippen LogP contribution is 2.10. The van der Waals surface area contributed by atoms with Crippen LogP contribution in [0.4, 0.5) is 5.69 Å². The number of amides is 1. The molecule has 4 heteroatoms. The van der Waals surface area contributed by atoms with Crippen molar-refractivity contribution in [3.8, 4) is 0 Å². The number of nitrogens with zero attached hydrogens (tertiary/aromatic N) is 1. The summed E-state index contributed by atoms with van der Waals surface area (Å²) < 4.78 is 0. The Bertz CT molecular complexity index is 420. The van der Waals surface area contributed by atoms with Crippen molar-refractivity contribution in [2.45, 2.75) is 45.8 Å². The molecule has 0 fully saturated rings. The first-order valence-corrected chi connectivity index (χ1v) is 6.56. The number of hydrogen-bond donors (Lipinski definition) is 2. The van der Waals surface area contributed by atoms with Crippen LogP contribution in [0.15, 0.2) is 24.3 Å². The standard InChI is InChI=1S/C15H25N3O/c1-11(14(19)17-15(2,3)4)18(5)10-12-6-8-13(16)9-7-12/h6-9,11H,10,16H2,1-5H3,(H,17,19). The molecule has 1 atom stereocenters. The topological polar surface area (TPSA) is 58.4 Å². The Balaban J connectivity index is 2.59. The molecule has 0 radical (unpaired) electrons. The van der Waals surface area contributed by atoms with E-state index in [1.165, 1.54) is 0 Å². The highest BCUT2D eigenvalue weighted by molar-refractivity contribution is 5.81. The summed E-state index contributed by atoms with van der Waals surface area (Å²) in [6.45, 7) is 8.59. The summed E-state index contributed by atoms with van der Waals surface area (Å²) in [7, 11) is 1.95. The molecular weight excluding hydrogens is 238 g/mol. The number of nitrogens with one attached hydrogen (secondary N) is 1. The van der Waals surface area contributed by atoms with Gasteiger partial charge in [-0.1, -0.05) is 12.1 Å². The van der Waals surface area contributed by atoms with Crippen LogP contribution in [-0.4, -0.2) is 29.4 Å². The zero-order valence-corrected chi connectivity index (χ0v) is 12.5. The van der Waals surface area contributed by atoms with Gasteiger partial charge in [0, 0.05) is 17.8 Å². The van der Waals surface area contributed by atoms with E-state index in [2.05, 4.69) is 5.32 Å². The summed E-state index contributed by atoms with van der Waals surface area (Å²) in [5, 5.41) is 2.99. The Morgan fingerprint density at radius 1 is 1.32 bits per heavy atom. The van der Waals surface area contributed by atoms with E-state index in [9.17, 15) is 4.79 Å². The van der Waals surface area contributed by atoms with Crippen LogP contribution in [0.5, 0.6) is 0 Å². The molecule has 1 rings (SSSR count). The molecule has 1 amide bonds. The van der Waals surface area contributed by atoms with E-state index in [0.717, 1.165) is 17.8 Å². The smallest absolute Gasteiger partial charge is 0.237 e. The molecule has 0 aromatic heterocycles. The molecule has 1 aromatic carbocycles. The number of rotatable bonds is 4. The third-order valence-corrected chi connectivity index (χ3v) is 2.95. The molecule has 1 unspecified atom stereocenters. The van der Waals surface area contributed by atoms with Gasteiger partial charge in [-0.3, -0.25) is 9.69 Å². The molecule has 19 heavy (non-hydrogen) atoms. The average molecular weight is 263 g/mol. The largest absolute Gasteiger partial charge is 0.399 e.